The summed E-state index contributed by atoms with van der Waals surface area (Å²) >= 11 is 0. The number of benzene rings is 1. The zero-order valence-corrected chi connectivity index (χ0v) is 14.3. The third-order valence-corrected chi connectivity index (χ3v) is 3.78. The molecule has 27 heavy (non-hydrogen) atoms. The van der Waals surface area contributed by atoms with Crippen LogP contribution in [0, 0.1) is 12.7 Å². The maximum atomic E-state index is 13.8. The van der Waals surface area contributed by atoms with Gasteiger partial charge in [-0.1, -0.05) is 6.58 Å². The number of hydrogen-bond acceptors (Lipinski definition) is 4. The van der Waals surface area contributed by atoms with Crippen LogP contribution in [0.2, 0.25) is 0 Å². The molecule has 2 N–H and O–H groups in total. The van der Waals surface area contributed by atoms with Crippen molar-refractivity contribution in [1.29, 1.82) is 0 Å². The zero-order chi connectivity index (χ0) is 19.6. The van der Waals surface area contributed by atoms with Crippen LogP contribution in [0.5, 0.6) is 0 Å². The Balaban J connectivity index is 1.90. The van der Waals surface area contributed by atoms with Gasteiger partial charge >= 0.3 is 0 Å². The second kappa shape index (κ2) is 7.20. The van der Waals surface area contributed by atoms with Gasteiger partial charge in [0.2, 0.25) is 5.91 Å². The number of anilines is 2. The standard InChI is InChI=1S/C19H15FN4O3/c1-3-17(25)23-15-9-12(4-5-14(15)20)22-18(26)13-10-21-16-8-11(2)6-7-24(16)19(13)27/h3-10H,1H2,2H3,(H,22,26)(H,23,25). The van der Waals surface area contributed by atoms with Crippen molar-refractivity contribution in [2.24, 2.45) is 0 Å². The van der Waals surface area contributed by atoms with Gasteiger partial charge in [0, 0.05) is 18.1 Å². The highest BCUT2D eigenvalue weighted by atomic mass is 19.1. The first kappa shape index (κ1) is 18.0. The molecule has 136 valence electrons. The number of rotatable bonds is 4. The van der Waals surface area contributed by atoms with E-state index in [2.05, 4.69) is 22.2 Å². The number of nitrogens with one attached hydrogen (secondary N) is 2. The van der Waals surface area contributed by atoms with Crippen molar-refractivity contribution in [2.75, 3.05) is 10.6 Å². The number of aryl methyl sites for hydroxylation is 1. The van der Waals surface area contributed by atoms with E-state index in [1.165, 1.54) is 28.9 Å². The summed E-state index contributed by atoms with van der Waals surface area (Å²) < 4.78 is 15.0. The summed E-state index contributed by atoms with van der Waals surface area (Å²) in [6.07, 6.45) is 3.72. The third kappa shape index (κ3) is 3.74. The number of hydrogen-bond donors (Lipinski definition) is 2. The lowest BCUT2D eigenvalue weighted by Crippen LogP contribution is -2.26. The monoisotopic (exact) mass is 366 g/mol. The van der Waals surface area contributed by atoms with E-state index in [0.717, 1.165) is 17.7 Å². The van der Waals surface area contributed by atoms with E-state index < -0.39 is 23.2 Å². The Morgan fingerprint density at radius 3 is 2.74 bits per heavy atom. The average Bonchev–Trinajstić information content (AvgIpc) is 2.64. The molecular weight excluding hydrogens is 351 g/mol. The number of carbonyl (C=O) groups excluding carboxylic acids is 2. The quantitative estimate of drug-likeness (QED) is 0.694. The fourth-order valence-corrected chi connectivity index (χ4v) is 2.41. The van der Waals surface area contributed by atoms with Crippen LogP contribution in [0.3, 0.4) is 0 Å². The molecule has 0 saturated carbocycles. The Hall–Kier alpha value is -3.81. The fraction of sp³-hybridized carbons (Fsp3) is 0.0526. The van der Waals surface area contributed by atoms with Crippen LogP contribution in [0.15, 0.2) is 60.2 Å². The number of aromatic nitrogens is 2. The minimum atomic E-state index is -0.699. The predicted octanol–water partition coefficient (Wildman–Crippen LogP) is 2.52. The van der Waals surface area contributed by atoms with Gasteiger partial charge in [-0.05, 0) is 48.9 Å². The van der Waals surface area contributed by atoms with Crippen LogP contribution in [0.25, 0.3) is 5.65 Å². The van der Waals surface area contributed by atoms with Crippen LogP contribution in [-0.2, 0) is 4.79 Å². The molecule has 0 fully saturated rings. The molecule has 0 unspecified atom stereocenters. The van der Waals surface area contributed by atoms with E-state index in [1.807, 2.05) is 6.92 Å². The Morgan fingerprint density at radius 2 is 2.00 bits per heavy atom. The number of pyridine rings is 1. The van der Waals surface area contributed by atoms with E-state index in [0.29, 0.717) is 5.65 Å². The van der Waals surface area contributed by atoms with Gasteiger partial charge in [0.15, 0.2) is 0 Å². The minimum absolute atomic E-state index is 0.124. The lowest BCUT2D eigenvalue weighted by molar-refractivity contribution is -0.111. The zero-order valence-electron chi connectivity index (χ0n) is 14.3. The molecule has 2 amide bonds. The van der Waals surface area contributed by atoms with E-state index in [4.69, 9.17) is 0 Å². The van der Waals surface area contributed by atoms with Crippen molar-refractivity contribution in [3.63, 3.8) is 0 Å². The van der Waals surface area contributed by atoms with Crippen molar-refractivity contribution in [3.05, 3.63) is 82.7 Å². The smallest absolute Gasteiger partial charge is 0.270 e. The predicted molar refractivity (Wildman–Crippen MR) is 99.4 cm³/mol. The number of amides is 2. The summed E-state index contributed by atoms with van der Waals surface area (Å²) in [4.78, 5) is 40.4. The number of nitrogens with zero attached hydrogens (tertiary/aromatic N) is 2. The highest BCUT2D eigenvalue weighted by Gasteiger charge is 2.15. The molecule has 0 bridgehead atoms. The molecule has 0 aliphatic heterocycles. The summed E-state index contributed by atoms with van der Waals surface area (Å²) in [7, 11) is 0. The van der Waals surface area contributed by atoms with Crippen molar-refractivity contribution in [1.82, 2.24) is 9.38 Å². The molecule has 3 aromatic rings. The molecule has 0 saturated heterocycles. The number of halogens is 1. The molecule has 1 aromatic carbocycles. The van der Waals surface area contributed by atoms with Crippen molar-refractivity contribution in [2.45, 2.75) is 6.92 Å². The van der Waals surface area contributed by atoms with Gasteiger partial charge in [-0.3, -0.25) is 18.8 Å². The lowest BCUT2D eigenvalue weighted by Gasteiger charge is -2.09. The molecule has 0 spiro atoms. The second-order valence-electron chi connectivity index (χ2n) is 5.75. The van der Waals surface area contributed by atoms with Crippen LogP contribution >= 0.6 is 0 Å². The Morgan fingerprint density at radius 1 is 1.22 bits per heavy atom. The van der Waals surface area contributed by atoms with Crippen molar-refractivity contribution in [3.8, 4) is 0 Å². The van der Waals surface area contributed by atoms with Gasteiger partial charge in [0.1, 0.15) is 17.0 Å². The molecule has 0 aliphatic carbocycles. The first-order valence-corrected chi connectivity index (χ1v) is 7.91. The Bertz CT molecular complexity index is 1140. The summed E-state index contributed by atoms with van der Waals surface area (Å²) in [6.45, 7) is 5.15. The Labute approximate surface area is 153 Å². The Kier molecular flexibility index (Phi) is 4.80. The minimum Gasteiger partial charge on any atom is -0.322 e. The van der Waals surface area contributed by atoms with Gasteiger partial charge in [-0.25, -0.2) is 9.37 Å². The highest BCUT2D eigenvalue weighted by Crippen LogP contribution is 2.20. The molecule has 2 aromatic heterocycles. The molecule has 7 nitrogen and oxygen atoms in total. The lowest BCUT2D eigenvalue weighted by atomic mass is 10.2. The van der Waals surface area contributed by atoms with Crippen molar-refractivity contribution >= 4 is 28.8 Å². The molecule has 3 rings (SSSR count). The topological polar surface area (TPSA) is 92.6 Å². The van der Waals surface area contributed by atoms with Gasteiger partial charge in [0.05, 0.1) is 5.69 Å². The van der Waals surface area contributed by atoms with Crippen LogP contribution in [0.1, 0.15) is 15.9 Å². The number of fused-ring (bicyclic) bond motifs is 1. The number of carbonyl (C=O) groups is 2. The maximum absolute atomic E-state index is 13.8. The SMILES string of the molecule is C=CC(=O)Nc1cc(NC(=O)c2cnc3cc(C)ccn3c2=O)ccc1F. The molecular formula is C19H15FN4O3. The summed E-state index contributed by atoms with van der Waals surface area (Å²) in [5.41, 5.74) is 0.736. The van der Waals surface area contributed by atoms with Crippen molar-refractivity contribution < 1.29 is 14.0 Å². The summed E-state index contributed by atoms with van der Waals surface area (Å²) in [5, 5.41) is 4.79. The molecule has 2 heterocycles. The van der Waals surface area contributed by atoms with E-state index in [1.54, 1.807) is 12.1 Å². The van der Waals surface area contributed by atoms with E-state index in [-0.39, 0.29) is 16.9 Å². The van der Waals surface area contributed by atoms with Gasteiger partial charge < -0.3 is 10.6 Å². The van der Waals surface area contributed by atoms with Crippen LogP contribution < -0.4 is 16.2 Å². The van der Waals surface area contributed by atoms with E-state index in [9.17, 15) is 18.8 Å². The molecule has 0 radical (unpaired) electrons. The third-order valence-electron chi connectivity index (χ3n) is 3.78. The van der Waals surface area contributed by atoms with Crippen LogP contribution in [0.4, 0.5) is 15.8 Å². The highest BCUT2D eigenvalue weighted by molar-refractivity contribution is 6.04. The maximum Gasteiger partial charge on any atom is 0.270 e. The summed E-state index contributed by atoms with van der Waals surface area (Å²) in [5.74, 6) is -1.97. The summed E-state index contributed by atoms with van der Waals surface area (Å²) in [6, 6.07) is 7.09. The molecule has 8 heteroatoms. The fourth-order valence-electron chi connectivity index (χ4n) is 2.41. The largest absolute Gasteiger partial charge is 0.322 e. The normalized spacial score (nSPS) is 10.4. The average molecular weight is 366 g/mol. The second-order valence-corrected chi connectivity index (χ2v) is 5.75. The van der Waals surface area contributed by atoms with Gasteiger partial charge in [0.25, 0.3) is 11.5 Å². The first-order valence-electron chi connectivity index (χ1n) is 7.91. The molecule has 0 atom stereocenters. The molecule has 0 aliphatic rings. The van der Waals surface area contributed by atoms with E-state index >= 15 is 0 Å². The first-order chi connectivity index (χ1) is 12.9. The van der Waals surface area contributed by atoms with Crippen LogP contribution in [-0.4, -0.2) is 21.2 Å². The van der Waals surface area contributed by atoms with Gasteiger partial charge in [-0.2, -0.15) is 0 Å². The van der Waals surface area contributed by atoms with Gasteiger partial charge in [-0.15, -0.1) is 0 Å².